The highest BCUT2D eigenvalue weighted by atomic mass is 16.4. The summed E-state index contributed by atoms with van der Waals surface area (Å²) in [7, 11) is 0. The van der Waals surface area contributed by atoms with Crippen molar-refractivity contribution in [2.24, 2.45) is 23.2 Å². The van der Waals surface area contributed by atoms with Crippen LogP contribution in [0.4, 0.5) is 0 Å². The van der Waals surface area contributed by atoms with E-state index in [1.54, 1.807) is 12.3 Å². The number of hydrogen-bond donors (Lipinski definition) is 1. The summed E-state index contributed by atoms with van der Waals surface area (Å²) >= 11 is 0. The Morgan fingerprint density at radius 2 is 2.03 bits per heavy atom. The lowest BCUT2D eigenvalue weighted by Crippen LogP contribution is -2.44. The van der Waals surface area contributed by atoms with Crippen molar-refractivity contribution in [2.45, 2.75) is 57.8 Å². The molecule has 4 heteroatoms. The zero-order valence-corrected chi connectivity index (χ0v) is 17.5. The van der Waals surface area contributed by atoms with E-state index in [2.05, 4.69) is 18.0 Å². The maximum Gasteiger partial charge on any atom is 0.335 e. The van der Waals surface area contributed by atoms with Crippen molar-refractivity contribution in [3.05, 3.63) is 65.0 Å². The van der Waals surface area contributed by atoms with Crippen LogP contribution in [0.25, 0.3) is 0 Å². The quantitative estimate of drug-likeness (QED) is 0.774. The summed E-state index contributed by atoms with van der Waals surface area (Å²) in [6.45, 7) is 2.37. The number of ketones is 1. The van der Waals surface area contributed by atoms with Gasteiger partial charge in [0.2, 0.25) is 0 Å². The molecular formula is C26H29NO3. The van der Waals surface area contributed by atoms with Gasteiger partial charge in [0.25, 0.3) is 0 Å². The van der Waals surface area contributed by atoms with Crippen LogP contribution >= 0.6 is 0 Å². The maximum atomic E-state index is 13.3. The van der Waals surface area contributed by atoms with Gasteiger partial charge in [0.15, 0.2) is 0 Å². The minimum atomic E-state index is -0.845. The molecule has 0 radical (unpaired) electrons. The second-order valence-corrected chi connectivity index (χ2v) is 9.81. The van der Waals surface area contributed by atoms with E-state index < -0.39 is 5.97 Å². The number of carboxylic acids is 1. The van der Waals surface area contributed by atoms with Gasteiger partial charge in [0.05, 0.1) is 5.56 Å². The molecule has 1 aromatic carbocycles. The van der Waals surface area contributed by atoms with Crippen LogP contribution < -0.4 is 0 Å². The first-order valence-electron chi connectivity index (χ1n) is 11.2. The predicted octanol–water partition coefficient (Wildman–Crippen LogP) is 5.06. The molecule has 156 valence electrons. The second kappa shape index (κ2) is 7.33. The summed E-state index contributed by atoms with van der Waals surface area (Å²) in [6.07, 6.45) is 10.5. The third kappa shape index (κ3) is 3.08. The highest BCUT2D eigenvalue weighted by Gasteiger charge is 2.56. The molecule has 0 spiro atoms. The zero-order valence-electron chi connectivity index (χ0n) is 17.5. The minimum absolute atomic E-state index is 0.0962. The topological polar surface area (TPSA) is 67.3 Å². The summed E-state index contributed by atoms with van der Waals surface area (Å²) in [5.74, 6) is 1.41. The van der Waals surface area contributed by atoms with Crippen molar-refractivity contribution < 1.29 is 14.7 Å². The van der Waals surface area contributed by atoms with Gasteiger partial charge in [-0.05, 0) is 96.6 Å². The number of aryl methyl sites for hydroxylation is 1. The van der Waals surface area contributed by atoms with Crippen molar-refractivity contribution in [1.82, 2.24) is 4.98 Å². The van der Waals surface area contributed by atoms with Gasteiger partial charge in [-0.2, -0.15) is 0 Å². The number of benzene rings is 1. The lowest BCUT2D eigenvalue weighted by molar-refractivity contribution is -0.127. The zero-order chi connectivity index (χ0) is 20.9. The molecule has 0 saturated heterocycles. The fourth-order valence-corrected chi connectivity index (χ4v) is 7.07. The Kier molecular flexibility index (Phi) is 4.76. The molecule has 2 fully saturated rings. The number of carbonyl (C=O) groups excluding carboxylic acids is 1. The van der Waals surface area contributed by atoms with E-state index >= 15 is 0 Å². The van der Waals surface area contributed by atoms with Gasteiger partial charge in [-0.3, -0.25) is 9.78 Å². The summed E-state index contributed by atoms with van der Waals surface area (Å²) in [4.78, 5) is 28.8. The molecule has 4 nitrogen and oxygen atoms in total. The monoisotopic (exact) mass is 403 g/mol. The fraction of sp³-hybridized carbons (Fsp3) is 0.500. The molecule has 2 saturated carbocycles. The molecular weight excluding hydrogens is 374 g/mol. The van der Waals surface area contributed by atoms with Crippen LogP contribution in [-0.2, 0) is 17.6 Å². The standard InChI is InChI=1S/C26H29NO3/c1-26-11-10-20-19-6-5-18(25(29)30)14-17(19)4-7-21(20)22(26)8-9-23(26)24(28)13-16-3-2-12-27-15-16/h2-3,5-6,12,14-15,20-23H,4,7-11,13H2,1H3,(H,29,30)/t20-,21-,22+,23-,26+/m1/s1. The van der Waals surface area contributed by atoms with Crippen molar-refractivity contribution in [3.8, 4) is 0 Å². The van der Waals surface area contributed by atoms with Gasteiger partial charge in [-0.1, -0.05) is 19.1 Å². The largest absolute Gasteiger partial charge is 0.478 e. The van der Waals surface area contributed by atoms with Crippen molar-refractivity contribution in [2.75, 3.05) is 0 Å². The van der Waals surface area contributed by atoms with Crippen LogP contribution in [0, 0.1) is 23.2 Å². The number of carboxylic acid groups (broad SMARTS) is 1. The second-order valence-electron chi connectivity index (χ2n) is 9.81. The number of rotatable bonds is 4. The number of aromatic nitrogens is 1. The average Bonchev–Trinajstić information content (AvgIpc) is 3.11. The maximum absolute atomic E-state index is 13.3. The third-order valence-corrected chi connectivity index (χ3v) is 8.46. The number of pyridine rings is 1. The Labute approximate surface area is 177 Å². The molecule has 2 aromatic rings. The van der Waals surface area contributed by atoms with Crippen LogP contribution in [0.2, 0.25) is 0 Å². The highest BCUT2D eigenvalue weighted by molar-refractivity contribution is 5.88. The molecule has 5 atom stereocenters. The smallest absolute Gasteiger partial charge is 0.335 e. The highest BCUT2D eigenvalue weighted by Crippen LogP contribution is 2.63. The van der Waals surface area contributed by atoms with E-state index in [0.717, 1.165) is 44.1 Å². The van der Waals surface area contributed by atoms with Gasteiger partial charge < -0.3 is 5.11 Å². The van der Waals surface area contributed by atoms with Crippen molar-refractivity contribution in [3.63, 3.8) is 0 Å². The van der Waals surface area contributed by atoms with E-state index in [1.165, 1.54) is 11.1 Å². The average molecular weight is 404 g/mol. The molecule has 3 aliphatic rings. The summed E-state index contributed by atoms with van der Waals surface area (Å²) < 4.78 is 0. The van der Waals surface area contributed by atoms with Crippen molar-refractivity contribution >= 4 is 11.8 Å². The van der Waals surface area contributed by atoms with Crippen LogP contribution in [0.5, 0.6) is 0 Å². The van der Waals surface area contributed by atoms with E-state index in [0.29, 0.717) is 35.5 Å². The number of aromatic carboxylic acids is 1. The van der Waals surface area contributed by atoms with Gasteiger partial charge in [-0.25, -0.2) is 4.79 Å². The number of Topliss-reactive ketones (excluding diaryl/α,β-unsaturated/α-hetero) is 1. The first kappa shape index (κ1) is 19.5. The van der Waals surface area contributed by atoms with Gasteiger partial charge in [-0.15, -0.1) is 0 Å². The Bertz CT molecular complexity index is 985. The molecule has 5 rings (SSSR count). The molecule has 30 heavy (non-hydrogen) atoms. The van der Waals surface area contributed by atoms with Gasteiger partial charge in [0.1, 0.15) is 5.78 Å². The normalized spacial score (nSPS) is 32.0. The fourth-order valence-electron chi connectivity index (χ4n) is 7.07. The Balaban J connectivity index is 1.37. The van der Waals surface area contributed by atoms with Gasteiger partial charge >= 0.3 is 5.97 Å². The van der Waals surface area contributed by atoms with Crippen LogP contribution in [-0.4, -0.2) is 21.8 Å². The van der Waals surface area contributed by atoms with E-state index in [1.807, 2.05) is 24.4 Å². The van der Waals surface area contributed by atoms with Crippen molar-refractivity contribution in [1.29, 1.82) is 0 Å². The van der Waals surface area contributed by atoms with Gasteiger partial charge in [0, 0.05) is 24.7 Å². The van der Waals surface area contributed by atoms with E-state index in [4.69, 9.17) is 0 Å². The Morgan fingerprint density at radius 3 is 2.80 bits per heavy atom. The molecule has 0 bridgehead atoms. The van der Waals surface area contributed by atoms with Crippen LogP contribution in [0.3, 0.4) is 0 Å². The molecule has 1 heterocycles. The molecule has 0 aliphatic heterocycles. The third-order valence-electron chi connectivity index (χ3n) is 8.46. The summed E-state index contributed by atoms with van der Waals surface area (Å²) in [6, 6.07) is 9.63. The molecule has 3 aliphatic carbocycles. The molecule has 0 amide bonds. The van der Waals surface area contributed by atoms with E-state index in [-0.39, 0.29) is 11.3 Å². The number of fused-ring (bicyclic) bond motifs is 5. The van der Waals surface area contributed by atoms with Crippen LogP contribution in [0.1, 0.15) is 72.0 Å². The lowest BCUT2D eigenvalue weighted by atomic mass is 9.53. The Hall–Kier alpha value is -2.49. The number of hydrogen-bond acceptors (Lipinski definition) is 3. The lowest BCUT2D eigenvalue weighted by Gasteiger charge is -2.50. The molecule has 1 N–H and O–H groups in total. The summed E-state index contributed by atoms with van der Waals surface area (Å²) in [5, 5.41) is 9.33. The first-order valence-corrected chi connectivity index (χ1v) is 11.2. The summed E-state index contributed by atoms with van der Waals surface area (Å²) in [5.41, 5.74) is 4.10. The Morgan fingerprint density at radius 1 is 1.17 bits per heavy atom. The predicted molar refractivity (Wildman–Crippen MR) is 114 cm³/mol. The molecule has 1 aromatic heterocycles. The molecule has 0 unspecified atom stereocenters. The van der Waals surface area contributed by atoms with E-state index in [9.17, 15) is 14.7 Å². The number of nitrogens with zero attached hydrogens (tertiary/aromatic N) is 1. The first-order chi connectivity index (χ1) is 14.5. The van der Waals surface area contributed by atoms with Crippen LogP contribution in [0.15, 0.2) is 42.7 Å². The minimum Gasteiger partial charge on any atom is -0.478 e. The SMILES string of the molecule is C[C@]12CC[C@@H]3c4ccc(C(=O)O)cc4CC[C@H]3[C@@H]1CC[C@@H]2C(=O)Cc1cccnc1. The number of carbonyl (C=O) groups is 2.